The van der Waals surface area contributed by atoms with Gasteiger partial charge in [-0.2, -0.15) is 0 Å². The number of rotatable bonds is 5. The molecule has 8 nitrogen and oxygen atoms in total. The van der Waals surface area contributed by atoms with Crippen LogP contribution in [0, 0.1) is 0 Å². The molecular formula is C20H25N5O3S. The predicted molar refractivity (Wildman–Crippen MR) is 114 cm³/mol. The van der Waals surface area contributed by atoms with Crippen molar-refractivity contribution in [3.63, 3.8) is 0 Å². The number of anilines is 1. The highest BCUT2D eigenvalue weighted by atomic mass is 32.2. The van der Waals surface area contributed by atoms with Crippen LogP contribution >= 0.6 is 0 Å². The van der Waals surface area contributed by atoms with Gasteiger partial charge >= 0.3 is 0 Å². The summed E-state index contributed by atoms with van der Waals surface area (Å²) in [5.41, 5.74) is 1.76. The number of nitrogens with zero attached hydrogens (tertiary/aromatic N) is 2. The Morgan fingerprint density at radius 2 is 1.97 bits per heavy atom. The fourth-order valence-electron chi connectivity index (χ4n) is 3.95. The topological polar surface area (TPSA) is 109 Å². The van der Waals surface area contributed by atoms with E-state index in [1.165, 1.54) is 37.1 Å². The summed E-state index contributed by atoms with van der Waals surface area (Å²) in [6.45, 7) is 0. The van der Waals surface area contributed by atoms with Crippen LogP contribution in [0.15, 0.2) is 40.4 Å². The van der Waals surface area contributed by atoms with Crippen LogP contribution in [-0.2, 0) is 17.1 Å². The summed E-state index contributed by atoms with van der Waals surface area (Å²) in [4.78, 5) is 20.0. The van der Waals surface area contributed by atoms with Crippen molar-refractivity contribution in [3.8, 4) is 11.1 Å². The molecule has 0 spiro atoms. The highest BCUT2D eigenvalue weighted by Crippen LogP contribution is 2.34. The van der Waals surface area contributed by atoms with E-state index in [0.29, 0.717) is 22.9 Å². The number of aryl methyl sites for hydroxylation is 1. The van der Waals surface area contributed by atoms with Crippen molar-refractivity contribution in [1.29, 1.82) is 0 Å². The average Bonchev–Trinajstić information content (AvgIpc) is 3.22. The molecule has 3 aromatic heterocycles. The Labute approximate surface area is 169 Å². The van der Waals surface area contributed by atoms with Crippen LogP contribution in [0.2, 0.25) is 0 Å². The standard InChI is InChI=1S/C20H25N5O3S/c1-21-29(27,28)14-10-16(19(23-11-14)24-13-6-4-3-5-7-13)17-12-25(2)20(26)18-15(17)8-9-22-18/h8-13,21-22H,3-7H2,1-2H3,(H,23,24). The summed E-state index contributed by atoms with van der Waals surface area (Å²) in [6, 6.07) is 3.75. The Morgan fingerprint density at radius 3 is 2.69 bits per heavy atom. The van der Waals surface area contributed by atoms with Gasteiger partial charge < -0.3 is 14.9 Å². The molecule has 0 amide bonds. The monoisotopic (exact) mass is 415 g/mol. The van der Waals surface area contributed by atoms with Gasteiger partial charge in [-0.15, -0.1) is 0 Å². The van der Waals surface area contributed by atoms with Crippen molar-refractivity contribution in [2.45, 2.75) is 43.0 Å². The SMILES string of the molecule is CNS(=O)(=O)c1cnc(NC2CCCCC2)c(-c2cn(C)c(=O)c3[nH]ccc23)c1. The third kappa shape index (κ3) is 3.67. The first-order chi connectivity index (χ1) is 13.9. The molecule has 0 aromatic carbocycles. The van der Waals surface area contributed by atoms with E-state index in [4.69, 9.17) is 0 Å². The maximum absolute atomic E-state index is 12.4. The van der Waals surface area contributed by atoms with Gasteiger partial charge in [0.1, 0.15) is 16.2 Å². The molecule has 0 atom stereocenters. The molecule has 9 heteroatoms. The van der Waals surface area contributed by atoms with Crippen molar-refractivity contribution in [3.05, 3.63) is 41.1 Å². The van der Waals surface area contributed by atoms with Crippen molar-refractivity contribution in [2.75, 3.05) is 12.4 Å². The number of hydrogen-bond donors (Lipinski definition) is 3. The molecule has 3 N–H and O–H groups in total. The van der Waals surface area contributed by atoms with Crippen molar-refractivity contribution >= 4 is 26.7 Å². The lowest BCUT2D eigenvalue weighted by atomic mass is 9.95. The molecule has 0 radical (unpaired) electrons. The molecule has 0 saturated heterocycles. The lowest BCUT2D eigenvalue weighted by Crippen LogP contribution is -2.24. The molecule has 3 aromatic rings. The van der Waals surface area contributed by atoms with Gasteiger partial charge in [0, 0.05) is 48.2 Å². The molecule has 1 fully saturated rings. The Hall–Kier alpha value is -2.65. The van der Waals surface area contributed by atoms with Gasteiger partial charge in [0.05, 0.1) is 0 Å². The zero-order chi connectivity index (χ0) is 20.6. The zero-order valence-corrected chi connectivity index (χ0v) is 17.3. The molecule has 154 valence electrons. The fourth-order valence-corrected chi connectivity index (χ4v) is 4.65. The minimum atomic E-state index is -3.65. The number of sulfonamides is 1. The molecule has 1 aliphatic carbocycles. The molecular weight excluding hydrogens is 390 g/mol. The highest BCUT2D eigenvalue weighted by molar-refractivity contribution is 7.89. The molecule has 1 saturated carbocycles. The highest BCUT2D eigenvalue weighted by Gasteiger charge is 2.21. The van der Waals surface area contributed by atoms with Gasteiger partial charge in [-0.25, -0.2) is 18.1 Å². The first-order valence-electron chi connectivity index (χ1n) is 9.78. The molecule has 0 unspecified atom stereocenters. The van der Waals surface area contributed by atoms with Crippen LogP contribution < -0.4 is 15.6 Å². The largest absolute Gasteiger partial charge is 0.367 e. The molecule has 0 bridgehead atoms. The van der Waals surface area contributed by atoms with E-state index in [1.807, 2.05) is 6.07 Å². The second kappa shape index (κ2) is 7.64. The number of fused-ring (bicyclic) bond motifs is 1. The smallest absolute Gasteiger partial charge is 0.274 e. The average molecular weight is 416 g/mol. The van der Waals surface area contributed by atoms with Gasteiger partial charge in [0.15, 0.2) is 0 Å². The lowest BCUT2D eigenvalue weighted by molar-refractivity contribution is 0.462. The van der Waals surface area contributed by atoms with Crippen LogP contribution in [0.1, 0.15) is 32.1 Å². The van der Waals surface area contributed by atoms with Crippen molar-refractivity contribution in [2.24, 2.45) is 7.05 Å². The Bertz CT molecular complexity index is 1210. The van der Waals surface area contributed by atoms with Crippen molar-refractivity contribution < 1.29 is 8.42 Å². The maximum atomic E-state index is 12.4. The van der Waals surface area contributed by atoms with E-state index in [2.05, 4.69) is 20.0 Å². The summed E-state index contributed by atoms with van der Waals surface area (Å²) in [6.07, 6.45) is 10.5. The van der Waals surface area contributed by atoms with E-state index in [1.54, 1.807) is 25.5 Å². The normalized spacial score (nSPS) is 15.7. The summed E-state index contributed by atoms with van der Waals surface area (Å²) in [7, 11) is -0.596. The third-order valence-corrected chi connectivity index (χ3v) is 6.95. The maximum Gasteiger partial charge on any atom is 0.274 e. The first-order valence-corrected chi connectivity index (χ1v) is 11.3. The van der Waals surface area contributed by atoms with Gasteiger partial charge in [0.25, 0.3) is 5.56 Å². The van der Waals surface area contributed by atoms with Gasteiger partial charge in [-0.1, -0.05) is 19.3 Å². The fraction of sp³-hybridized carbons (Fsp3) is 0.400. The molecule has 29 heavy (non-hydrogen) atoms. The van der Waals surface area contributed by atoms with Gasteiger partial charge in [0.2, 0.25) is 10.0 Å². The van der Waals surface area contributed by atoms with Crippen LogP contribution in [0.4, 0.5) is 5.82 Å². The van der Waals surface area contributed by atoms with E-state index in [0.717, 1.165) is 23.8 Å². The van der Waals surface area contributed by atoms with Crippen LogP contribution in [0.5, 0.6) is 0 Å². The number of pyridine rings is 2. The second-order valence-electron chi connectivity index (χ2n) is 7.48. The Balaban J connectivity index is 1.92. The summed E-state index contributed by atoms with van der Waals surface area (Å²) in [5.74, 6) is 0.633. The predicted octanol–water partition coefficient (Wildman–Crippen LogP) is 2.58. The van der Waals surface area contributed by atoms with Gasteiger partial charge in [-0.3, -0.25) is 4.79 Å². The summed E-state index contributed by atoms with van der Waals surface area (Å²) in [5, 5.41) is 4.25. The number of aromatic nitrogens is 3. The van der Waals surface area contributed by atoms with Crippen LogP contribution in [0.3, 0.4) is 0 Å². The third-order valence-electron chi connectivity index (χ3n) is 5.57. The van der Waals surface area contributed by atoms with E-state index in [9.17, 15) is 13.2 Å². The van der Waals surface area contributed by atoms with Crippen molar-refractivity contribution in [1.82, 2.24) is 19.3 Å². The van der Waals surface area contributed by atoms with Crippen LogP contribution in [-0.4, -0.2) is 36.0 Å². The number of H-pyrrole nitrogens is 1. The Morgan fingerprint density at radius 1 is 1.21 bits per heavy atom. The molecule has 1 aliphatic rings. The molecule has 3 heterocycles. The Kier molecular flexibility index (Phi) is 5.18. The summed E-state index contributed by atoms with van der Waals surface area (Å²) < 4.78 is 28.6. The number of hydrogen-bond acceptors (Lipinski definition) is 5. The first kappa shape index (κ1) is 19.7. The van der Waals surface area contributed by atoms with E-state index < -0.39 is 10.0 Å². The zero-order valence-electron chi connectivity index (χ0n) is 16.5. The number of aromatic amines is 1. The quantitative estimate of drug-likeness (QED) is 0.593. The lowest BCUT2D eigenvalue weighted by Gasteiger charge is -2.25. The molecule has 0 aliphatic heterocycles. The minimum absolute atomic E-state index is 0.0849. The van der Waals surface area contributed by atoms with Crippen LogP contribution in [0.25, 0.3) is 22.0 Å². The molecule has 4 rings (SSSR count). The van der Waals surface area contributed by atoms with E-state index in [-0.39, 0.29) is 10.5 Å². The number of nitrogens with one attached hydrogen (secondary N) is 3. The second-order valence-corrected chi connectivity index (χ2v) is 9.37. The summed E-state index contributed by atoms with van der Waals surface area (Å²) >= 11 is 0. The van der Waals surface area contributed by atoms with Gasteiger partial charge in [-0.05, 0) is 32.0 Å². The van der Waals surface area contributed by atoms with E-state index >= 15 is 0 Å². The minimum Gasteiger partial charge on any atom is -0.367 e.